The molecule has 0 N–H and O–H groups in total. The molecule has 0 radical (unpaired) electrons. The average Bonchev–Trinajstić information content (AvgIpc) is 1.63. The van der Waals surface area contributed by atoms with Crippen molar-refractivity contribution in [2.24, 2.45) is 0 Å². The Morgan fingerprint density at radius 3 is 0.885 bits per heavy atom. The molecule has 0 unspecified atom stereocenters. The Kier molecular flexibility index (Phi) is 19.3. The van der Waals surface area contributed by atoms with Gasteiger partial charge < -0.3 is 13.3 Å². The molecule has 0 aliphatic carbocycles. The molecule has 0 aliphatic rings. The summed E-state index contributed by atoms with van der Waals surface area (Å²) in [7, 11) is 0. The van der Waals surface area contributed by atoms with Crippen LogP contribution in [-0.2, 0) is 0 Å². The molecule has 0 saturated heterocycles. The maximum Gasteiger partial charge on any atom is 0.164 e. The number of fused-ring (bicyclic) bond motifs is 22. The summed E-state index contributed by atoms with van der Waals surface area (Å²) in [5.41, 5.74) is 18.5. The van der Waals surface area contributed by atoms with Crippen LogP contribution in [0.1, 0.15) is 6.85 Å². The minimum absolute atomic E-state index is 0.0131. The normalized spacial score (nSPS) is 12.3. The molecule has 690 valence electrons. The van der Waals surface area contributed by atoms with Gasteiger partial charge in [0.25, 0.3) is 0 Å². The highest BCUT2D eigenvalue weighted by molar-refractivity contribution is 7.27. The zero-order valence-electron chi connectivity index (χ0n) is 83.5. The minimum Gasteiger partial charge on any atom is -0.456 e. The van der Waals surface area contributed by atoms with Gasteiger partial charge in [0, 0.05) is 154 Å². The van der Waals surface area contributed by atoms with Crippen LogP contribution < -0.4 is 0 Å². The maximum absolute atomic E-state index is 8.64. The second-order valence-corrected chi connectivity index (χ2v) is 39.9. The molecule has 0 amide bonds. The topological polar surface area (TPSA) is 155 Å². The van der Waals surface area contributed by atoms with Crippen molar-refractivity contribution in [3.8, 4) is 136 Å². The first kappa shape index (κ1) is 80.5. The van der Waals surface area contributed by atoms with E-state index in [1.54, 1.807) is 11.3 Å². The SMILES string of the molecule is [2H]c1c([2H])c([2H])c(-c2nc(-c3ccc(-c4cccc5c4sc4ccccc45)cc3)nc(-c3ccc4c(c3)oc3ccccc34)n2)c([2H])c1[2H].c1ccc2c(-c3nc(-c4ccc5c(c4)oc4ccccc45)nc(-c4ccc(-c5cccc6c5sc5ccccc56)c5ccccc45)n3)cccc2c1.c1ccc2cc(-c3nc(-c4ccc5c(c4)oc4ccccc45)nc(-c4ccc(-c5cccc6c5sc5ccccc56)c5ccccc45)n3)ccc2c1. The van der Waals surface area contributed by atoms with Gasteiger partial charge in [-0.1, -0.05) is 376 Å². The van der Waals surface area contributed by atoms with E-state index in [0.29, 0.717) is 57.5 Å². The van der Waals surface area contributed by atoms with Crippen molar-refractivity contribution in [3.05, 3.63) is 467 Å². The second-order valence-electron chi connectivity index (χ2n) is 36.8. The third kappa shape index (κ3) is 15.0. The van der Waals surface area contributed by atoms with Gasteiger partial charge in [-0.05, 0) is 156 Å². The summed E-state index contributed by atoms with van der Waals surface area (Å²) >= 11 is 5.48. The van der Waals surface area contributed by atoms with Crippen molar-refractivity contribution in [1.29, 1.82) is 0 Å². The van der Waals surface area contributed by atoms with E-state index in [4.69, 9.17) is 60.0 Å². The zero-order valence-corrected chi connectivity index (χ0v) is 81.0. The number of benzene rings is 22. The summed E-state index contributed by atoms with van der Waals surface area (Å²) in [6.45, 7) is 0. The number of thiophene rings is 3. The van der Waals surface area contributed by atoms with Crippen LogP contribution in [0.4, 0.5) is 0 Å². The molecule has 0 fully saturated rings. The Hall–Kier alpha value is -19.0. The van der Waals surface area contributed by atoms with E-state index in [-0.39, 0.29) is 29.3 Å². The Balaban J connectivity index is 0.000000107. The first-order chi connectivity index (χ1) is 75.4. The van der Waals surface area contributed by atoms with Crippen molar-refractivity contribution in [2.45, 2.75) is 0 Å². The number of hydrogen-bond acceptors (Lipinski definition) is 15. The third-order valence-electron chi connectivity index (χ3n) is 28.2. The van der Waals surface area contributed by atoms with Crippen molar-refractivity contribution < 1.29 is 20.1 Å². The van der Waals surface area contributed by atoms with Gasteiger partial charge in [0.15, 0.2) is 52.4 Å². The van der Waals surface area contributed by atoms with Gasteiger partial charge in [-0.3, -0.25) is 0 Å². The lowest BCUT2D eigenvalue weighted by Gasteiger charge is -2.14. The van der Waals surface area contributed by atoms with Crippen LogP contribution in [-0.4, -0.2) is 44.9 Å². The lowest BCUT2D eigenvalue weighted by molar-refractivity contribution is 0.668. The number of hydrogen-bond donors (Lipinski definition) is 0. The Morgan fingerprint density at radius 1 is 0.155 bits per heavy atom. The van der Waals surface area contributed by atoms with Crippen LogP contribution >= 0.6 is 34.0 Å². The molecule has 9 heterocycles. The Morgan fingerprint density at radius 2 is 0.432 bits per heavy atom. The number of furan rings is 3. The summed E-state index contributed by atoms with van der Waals surface area (Å²) < 4.78 is 68.2. The second kappa shape index (κ2) is 35.5. The third-order valence-corrected chi connectivity index (χ3v) is 31.8. The van der Waals surface area contributed by atoms with Gasteiger partial charge >= 0.3 is 0 Å². The predicted octanol–water partition coefficient (Wildman–Crippen LogP) is 37.0. The van der Waals surface area contributed by atoms with E-state index in [1.165, 1.54) is 88.2 Å². The van der Waals surface area contributed by atoms with Gasteiger partial charge in [-0.15, -0.1) is 34.0 Å². The van der Waals surface area contributed by atoms with Gasteiger partial charge in [0.2, 0.25) is 0 Å². The van der Waals surface area contributed by atoms with Crippen LogP contribution in [0.5, 0.6) is 0 Å². The molecule has 15 heteroatoms. The fourth-order valence-electron chi connectivity index (χ4n) is 21.1. The fourth-order valence-corrected chi connectivity index (χ4v) is 24.8. The summed E-state index contributed by atoms with van der Waals surface area (Å²) in [4.78, 5) is 45.3. The molecule has 9 aromatic heterocycles. The van der Waals surface area contributed by atoms with E-state index < -0.39 is 18.1 Å². The van der Waals surface area contributed by atoms with E-state index in [9.17, 15) is 0 Å². The lowest BCUT2D eigenvalue weighted by atomic mass is 9.94. The van der Waals surface area contributed by atoms with Gasteiger partial charge in [-0.2, -0.15) is 0 Å². The number of para-hydroxylation sites is 3. The molecule has 148 heavy (non-hydrogen) atoms. The van der Waals surface area contributed by atoms with E-state index in [0.717, 1.165) is 142 Å². The zero-order chi connectivity index (χ0) is 102. The maximum atomic E-state index is 8.64. The first-order valence-electron chi connectivity index (χ1n) is 51.3. The highest BCUT2D eigenvalue weighted by Crippen LogP contribution is 2.49. The molecule has 31 aromatic rings. The standard InChI is InChI=1S/2C47H27N3OS.C39H23N3OS/c1-2-13-30-28(11-1)12-9-20-39(30)46-48-45(29-23-24-35-34-16-5-7-21-41(34)51-42(35)27-29)49-47(50-46)40-26-25-33(31-14-3-4-15-32(31)40)37-18-10-19-38-36-17-6-8-22-43(36)52-44(37)38;1-2-11-29-26-30(21-20-28(29)10-1)45-48-46(31-22-23-36-35-14-5-7-18-41(35)51-42(36)27-31)50-47(49-45)40-25-24-34(32-12-3-4-13-33(32)40)38-16-9-17-39-37-15-6-8-19-43(37)52-44(38)39;1-2-9-25(10-3-1)37-40-38(42-39(41-37)27-21-22-30-29-11-4-6-15-33(29)43-34(30)23-27)26-19-17-24(18-20-26)28-13-8-14-32-31-12-5-7-16-35(31)44-36(28)32/h2*1-27H;1-23H/i;;1D,2D,3D,9D,10D. The molecule has 0 atom stereocenters. The van der Waals surface area contributed by atoms with Crippen LogP contribution in [0.25, 0.3) is 305 Å². The Labute approximate surface area is 864 Å². The lowest BCUT2D eigenvalue weighted by Crippen LogP contribution is -2.01. The molecule has 22 aromatic carbocycles. The van der Waals surface area contributed by atoms with Crippen LogP contribution in [0.2, 0.25) is 0 Å². The van der Waals surface area contributed by atoms with Gasteiger partial charge in [0.05, 0.1) is 6.85 Å². The van der Waals surface area contributed by atoms with E-state index in [2.05, 4.69) is 327 Å². The molecular weight excluding hydrogens is 1870 g/mol. The fraction of sp³-hybridized carbons (Fsp3) is 0. The molecule has 12 nitrogen and oxygen atoms in total. The molecule has 0 bridgehead atoms. The highest BCUT2D eigenvalue weighted by Gasteiger charge is 2.26. The highest BCUT2D eigenvalue weighted by atomic mass is 32.1. The van der Waals surface area contributed by atoms with Crippen LogP contribution in [0, 0.1) is 0 Å². The molecule has 31 rings (SSSR count). The van der Waals surface area contributed by atoms with E-state index in [1.807, 2.05) is 138 Å². The summed E-state index contributed by atoms with van der Waals surface area (Å²) in [6.07, 6.45) is 0. The Bertz CT molecular complexity index is 11200. The van der Waals surface area contributed by atoms with Crippen molar-refractivity contribution in [1.82, 2.24) is 44.9 Å². The number of aromatic nitrogens is 9. The summed E-state index contributed by atoms with van der Waals surface area (Å²) in [5.74, 6) is 4.28. The largest absolute Gasteiger partial charge is 0.456 e. The smallest absolute Gasteiger partial charge is 0.164 e. The quantitative estimate of drug-likeness (QED) is 0.114. The monoisotopic (exact) mass is 1950 g/mol. The van der Waals surface area contributed by atoms with Crippen molar-refractivity contribution in [2.75, 3.05) is 0 Å². The van der Waals surface area contributed by atoms with Gasteiger partial charge in [-0.25, -0.2) is 44.9 Å². The van der Waals surface area contributed by atoms with Crippen molar-refractivity contribution >= 4 is 203 Å². The van der Waals surface area contributed by atoms with Crippen LogP contribution in [0.15, 0.2) is 480 Å². The number of rotatable bonds is 12. The van der Waals surface area contributed by atoms with E-state index >= 15 is 0 Å². The first-order valence-corrected chi connectivity index (χ1v) is 51.3. The molecule has 0 saturated carbocycles. The molecule has 0 aliphatic heterocycles. The molecule has 0 spiro atoms. The number of nitrogens with zero attached hydrogens (tertiary/aromatic N) is 9. The minimum atomic E-state index is -0.479. The average molecular weight is 1950 g/mol. The van der Waals surface area contributed by atoms with Crippen LogP contribution in [0.3, 0.4) is 0 Å². The van der Waals surface area contributed by atoms with Gasteiger partial charge in [0.1, 0.15) is 33.5 Å². The predicted molar refractivity (Wildman–Crippen MR) is 615 cm³/mol. The summed E-state index contributed by atoms with van der Waals surface area (Å²) in [6, 6.07) is 149. The summed E-state index contributed by atoms with van der Waals surface area (Å²) in [5, 5.41) is 22.9. The van der Waals surface area contributed by atoms with Crippen molar-refractivity contribution in [3.63, 3.8) is 0 Å². The molecular formula is C133H77N9O3S3.